The van der Waals surface area contributed by atoms with Gasteiger partial charge in [0.25, 0.3) is 10.0 Å². The highest BCUT2D eigenvalue weighted by Crippen LogP contribution is 2.26. The van der Waals surface area contributed by atoms with Crippen LogP contribution in [0.5, 0.6) is 0 Å². The fraction of sp³-hybridized carbons (Fsp3) is 0.235. The van der Waals surface area contributed by atoms with Crippen LogP contribution in [0.3, 0.4) is 0 Å². The van der Waals surface area contributed by atoms with E-state index in [9.17, 15) is 13.2 Å². The summed E-state index contributed by atoms with van der Waals surface area (Å²) in [6, 6.07) is 15.4. The number of hydrogen-bond donors (Lipinski definition) is 0. The Morgan fingerprint density at radius 3 is 2.39 bits per heavy atom. The molecule has 1 fully saturated rings. The van der Waals surface area contributed by atoms with E-state index in [2.05, 4.69) is 0 Å². The summed E-state index contributed by atoms with van der Waals surface area (Å²) in [6.07, 6.45) is -0.385. The minimum absolute atomic E-state index is 0.0683. The number of carbonyl (C=O) groups excluding carboxylic acids is 1. The van der Waals surface area contributed by atoms with Gasteiger partial charge >= 0.3 is 6.09 Å². The molecule has 2 aromatic carbocycles. The van der Waals surface area contributed by atoms with E-state index in [-0.39, 0.29) is 11.5 Å². The van der Waals surface area contributed by atoms with Crippen LogP contribution in [0, 0.1) is 6.92 Å². The number of cyclic esters (lactones) is 1. The molecule has 0 aliphatic carbocycles. The lowest BCUT2D eigenvalue weighted by Gasteiger charge is -2.21. The number of rotatable bonds is 4. The lowest BCUT2D eigenvalue weighted by atomic mass is 10.1. The standard InChI is InChI=1S/C17H17NO4S/c1-13-7-9-16(10-8-13)23(20,21)18-15(12-22-17(18)19)11-14-5-3-2-4-6-14/h2-10,15H,11-12H2,1H3/t15-/m0/s1. The van der Waals surface area contributed by atoms with Gasteiger partial charge in [0, 0.05) is 0 Å². The second-order valence-corrected chi connectivity index (χ2v) is 7.35. The van der Waals surface area contributed by atoms with Crippen molar-refractivity contribution in [2.24, 2.45) is 0 Å². The molecule has 1 aliphatic heterocycles. The van der Waals surface area contributed by atoms with E-state index >= 15 is 0 Å². The highest BCUT2D eigenvalue weighted by Gasteiger charge is 2.42. The van der Waals surface area contributed by atoms with Crippen LogP contribution in [0.25, 0.3) is 0 Å². The number of carbonyl (C=O) groups is 1. The maximum absolute atomic E-state index is 12.8. The summed E-state index contributed by atoms with van der Waals surface area (Å²) in [5, 5.41) is 0. The Morgan fingerprint density at radius 2 is 1.74 bits per heavy atom. The second kappa shape index (κ2) is 6.04. The first-order chi connectivity index (χ1) is 11.0. The summed E-state index contributed by atoms with van der Waals surface area (Å²) < 4.78 is 31.4. The lowest BCUT2D eigenvalue weighted by molar-refractivity contribution is 0.170. The zero-order valence-corrected chi connectivity index (χ0v) is 13.5. The van der Waals surface area contributed by atoms with Gasteiger partial charge in [-0.1, -0.05) is 48.0 Å². The van der Waals surface area contributed by atoms with Crippen LogP contribution in [0.2, 0.25) is 0 Å². The van der Waals surface area contributed by atoms with Crippen LogP contribution in [-0.4, -0.2) is 31.5 Å². The van der Waals surface area contributed by atoms with Crippen molar-refractivity contribution in [1.82, 2.24) is 4.31 Å². The molecule has 1 aliphatic rings. The van der Waals surface area contributed by atoms with Crippen LogP contribution < -0.4 is 0 Å². The van der Waals surface area contributed by atoms with Gasteiger partial charge in [-0.2, -0.15) is 4.31 Å². The topological polar surface area (TPSA) is 63.7 Å². The lowest BCUT2D eigenvalue weighted by Crippen LogP contribution is -2.40. The Bertz CT molecular complexity index is 800. The summed E-state index contributed by atoms with van der Waals surface area (Å²) in [6.45, 7) is 1.94. The molecule has 120 valence electrons. The number of sulfonamides is 1. The van der Waals surface area contributed by atoms with Crippen LogP contribution in [0.4, 0.5) is 4.79 Å². The van der Waals surface area contributed by atoms with E-state index in [1.165, 1.54) is 12.1 Å². The molecule has 0 bridgehead atoms. The molecule has 0 radical (unpaired) electrons. The van der Waals surface area contributed by atoms with Crippen molar-refractivity contribution < 1.29 is 17.9 Å². The number of nitrogens with zero attached hydrogens (tertiary/aromatic N) is 1. The number of aryl methyl sites for hydroxylation is 1. The Balaban J connectivity index is 1.91. The van der Waals surface area contributed by atoms with Crippen LogP contribution in [0.15, 0.2) is 59.5 Å². The van der Waals surface area contributed by atoms with Crippen molar-refractivity contribution in [3.8, 4) is 0 Å². The molecular weight excluding hydrogens is 314 g/mol. The normalized spacial score (nSPS) is 18.0. The van der Waals surface area contributed by atoms with Gasteiger partial charge in [0.1, 0.15) is 6.61 Å². The van der Waals surface area contributed by atoms with E-state index < -0.39 is 22.2 Å². The molecular formula is C17H17NO4S. The Hall–Kier alpha value is -2.34. The molecule has 0 aromatic heterocycles. The fourth-order valence-corrected chi connectivity index (χ4v) is 4.08. The molecule has 3 rings (SSSR count). The van der Waals surface area contributed by atoms with Crippen molar-refractivity contribution in [3.63, 3.8) is 0 Å². The average Bonchev–Trinajstić information content (AvgIpc) is 2.90. The minimum atomic E-state index is -3.92. The monoisotopic (exact) mass is 331 g/mol. The molecule has 5 nitrogen and oxygen atoms in total. The summed E-state index contributed by atoms with van der Waals surface area (Å²) in [5.74, 6) is 0. The van der Waals surface area contributed by atoms with Gasteiger partial charge in [0.05, 0.1) is 10.9 Å². The van der Waals surface area contributed by atoms with Gasteiger partial charge in [0.2, 0.25) is 0 Å². The summed E-state index contributed by atoms with van der Waals surface area (Å²) in [4.78, 5) is 12.1. The number of amides is 1. The van der Waals surface area contributed by atoms with Gasteiger partial charge in [-0.15, -0.1) is 0 Å². The predicted molar refractivity (Wildman–Crippen MR) is 85.5 cm³/mol. The third-order valence-electron chi connectivity index (χ3n) is 3.80. The SMILES string of the molecule is Cc1ccc(S(=O)(=O)N2C(=O)OC[C@@H]2Cc2ccccc2)cc1. The first-order valence-corrected chi connectivity index (χ1v) is 8.74. The van der Waals surface area contributed by atoms with Gasteiger partial charge in [-0.3, -0.25) is 0 Å². The minimum Gasteiger partial charge on any atom is -0.446 e. The van der Waals surface area contributed by atoms with Crippen molar-refractivity contribution in [2.75, 3.05) is 6.61 Å². The molecule has 1 saturated heterocycles. The Labute approximate surface area is 135 Å². The molecule has 6 heteroatoms. The molecule has 0 N–H and O–H groups in total. The number of ether oxygens (including phenoxy) is 1. The Morgan fingerprint density at radius 1 is 1.09 bits per heavy atom. The first-order valence-electron chi connectivity index (χ1n) is 7.30. The Kier molecular flexibility index (Phi) is 4.09. The average molecular weight is 331 g/mol. The molecule has 1 amide bonds. The summed E-state index contributed by atoms with van der Waals surface area (Å²) in [5.41, 5.74) is 1.91. The van der Waals surface area contributed by atoms with Crippen molar-refractivity contribution in [2.45, 2.75) is 24.3 Å². The summed E-state index contributed by atoms with van der Waals surface area (Å²) in [7, 11) is -3.92. The van der Waals surface area contributed by atoms with Crippen molar-refractivity contribution >= 4 is 16.1 Å². The highest BCUT2D eigenvalue weighted by molar-refractivity contribution is 7.89. The largest absolute Gasteiger partial charge is 0.446 e. The molecule has 0 spiro atoms. The third kappa shape index (κ3) is 3.07. The van der Waals surface area contributed by atoms with E-state index in [4.69, 9.17) is 4.74 Å². The molecule has 0 saturated carbocycles. The molecule has 1 atom stereocenters. The van der Waals surface area contributed by atoms with Gasteiger partial charge in [0.15, 0.2) is 0 Å². The third-order valence-corrected chi connectivity index (χ3v) is 5.64. The first kappa shape index (κ1) is 15.6. The van der Waals surface area contributed by atoms with E-state index in [0.29, 0.717) is 6.42 Å². The van der Waals surface area contributed by atoms with E-state index in [1.807, 2.05) is 37.3 Å². The molecule has 23 heavy (non-hydrogen) atoms. The maximum Gasteiger partial charge on any atom is 0.424 e. The van der Waals surface area contributed by atoms with Gasteiger partial charge in [-0.25, -0.2) is 13.2 Å². The molecule has 1 heterocycles. The van der Waals surface area contributed by atoms with Crippen LogP contribution in [-0.2, 0) is 21.2 Å². The zero-order valence-electron chi connectivity index (χ0n) is 12.7. The molecule has 2 aromatic rings. The van der Waals surface area contributed by atoms with Gasteiger partial charge in [-0.05, 0) is 31.0 Å². The fourth-order valence-electron chi connectivity index (χ4n) is 2.59. The molecule has 0 unspecified atom stereocenters. The highest BCUT2D eigenvalue weighted by atomic mass is 32.2. The van der Waals surface area contributed by atoms with Crippen molar-refractivity contribution in [3.05, 3.63) is 65.7 Å². The number of benzene rings is 2. The maximum atomic E-state index is 12.8. The van der Waals surface area contributed by atoms with Crippen LogP contribution in [0.1, 0.15) is 11.1 Å². The van der Waals surface area contributed by atoms with Gasteiger partial charge < -0.3 is 4.74 Å². The number of hydrogen-bond acceptors (Lipinski definition) is 4. The van der Waals surface area contributed by atoms with E-state index in [0.717, 1.165) is 15.4 Å². The van der Waals surface area contributed by atoms with Crippen LogP contribution >= 0.6 is 0 Å². The second-order valence-electron chi connectivity index (χ2n) is 5.53. The zero-order chi connectivity index (χ0) is 16.4. The smallest absolute Gasteiger partial charge is 0.424 e. The van der Waals surface area contributed by atoms with E-state index in [1.54, 1.807) is 12.1 Å². The quantitative estimate of drug-likeness (QED) is 0.864. The predicted octanol–water partition coefficient (Wildman–Crippen LogP) is 2.75. The van der Waals surface area contributed by atoms with Crippen molar-refractivity contribution in [1.29, 1.82) is 0 Å². The summed E-state index contributed by atoms with van der Waals surface area (Å²) >= 11 is 0.